The number of hydrogen-bond donors (Lipinski definition) is 1. The molecule has 0 bridgehead atoms. The quantitative estimate of drug-likeness (QED) is 0.397. The lowest BCUT2D eigenvalue weighted by atomic mass is 9.98. The van der Waals surface area contributed by atoms with Crippen molar-refractivity contribution in [3.05, 3.63) is 101 Å². The summed E-state index contributed by atoms with van der Waals surface area (Å²) in [7, 11) is 0. The number of fused-ring (bicyclic) bond motifs is 3. The molecule has 4 aromatic rings. The van der Waals surface area contributed by atoms with Gasteiger partial charge in [-0.05, 0) is 57.2 Å². The first-order chi connectivity index (χ1) is 17.0. The first kappa shape index (κ1) is 23.1. The zero-order valence-electron chi connectivity index (χ0n) is 20.0. The van der Waals surface area contributed by atoms with Gasteiger partial charge >= 0.3 is 0 Å². The van der Waals surface area contributed by atoms with Crippen molar-refractivity contribution in [3.8, 4) is 5.69 Å². The van der Waals surface area contributed by atoms with Crippen molar-refractivity contribution in [3.63, 3.8) is 0 Å². The van der Waals surface area contributed by atoms with Gasteiger partial charge in [-0.25, -0.2) is 0 Å². The Morgan fingerprint density at radius 1 is 0.971 bits per heavy atom. The van der Waals surface area contributed by atoms with Crippen molar-refractivity contribution in [1.29, 1.82) is 0 Å². The van der Waals surface area contributed by atoms with Gasteiger partial charge in [-0.15, -0.1) is 10.2 Å². The predicted molar refractivity (Wildman–Crippen MR) is 140 cm³/mol. The second-order valence-electron chi connectivity index (χ2n) is 8.55. The zero-order chi connectivity index (χ0) is 24.4. The number of amides is 1. The van der Waals surface area contributed by atoms with Gasteiger partial charge in [0.2, 0.25) is 5.91 Å². The second kappa shape index (κ2) is 9.88. The molecular weight excluding hydrogens is 454 g/mol. The fraction of sp³-hybridized carbons (Fsp3) is 0.214. The number of aryl methyl sites for hydroxylation is 2. The summed E-state index contributed by atoms with van der Waals surface area (Å²) in [6.07, 6.45) is 0.213. The topological polar surface area (TPSA) is 72.2 Å². The largest absolute Gasteiger partial charge is 0.356 e. The Bertz CT molecular complexity index is 1390. The van der Waals surface area contributed by atoms with Crippen LogP contribution in [-0.2, 0) is 4.79 Å². The number of aliphatic imine (C=N–C) groups is 1. The summed E-state index contributed by atoms with van der Waals surface area (Å²) in [6, 6.07) is 24.7. The number of carbonyl (C=O) groups is 1. The van der Waals surface area contributed by atoms with Gasteiger partial charge in [0, 0.05) is 27.5 Å². The number of aromatic nitrogens is 3. The van der Waals surface area contributed by atoms with Gasteiger partial charge in [-0.3, -0.25) is 14.4 Å². The summed E-state index contributed by atoms with van der Waals surface area (Å²) in [5.41, 5.74) is 5.00. The van der Waals surface area contributed by atoms with E-state index in [1.807, 2.05) is 36.6 Å². The van der Waals surface area contributed by atoms with Crippen LogP contribution in [0.3, 0.4) is 0 Å². The van der Waals surface area contributed by atoms with E-state index in [9.17, 15) is 4.79 Å². The molecule has 3 aromatic carbocycles. The maximum absolute atomic E-state index is 12.6. The number of carbonyl (C=O) groups excluding carboxylic acids is 1. The number of nitrogens with one attached hydrogen (secondary N) is 1. The summed E-state index contributed by atoms with van der Waals surface area (Å²) >= 11 is 1.73. The predicted octanol–water partition coefficient (Wildman–Crippen LogP) is 5.45. The summed E-state index contributed by atoms with van der Waals surface area (Å²) in [5.74, 6) is 1.41. The van der Waals surface area contributed by atoms with Crippen LogP contribution in [0.15, 0.2) is 87.6 Å². The molecule has 0 spiro atoms. The smallest absolute Gasteiger partial charge is 0.222 e. The Kier molecular flexibility index (Phi) is 6.51. The molecule has 0 aliphatic carbocycles. The number of rotatable bonds is 6. The van der Waals surface area contributed by atoms with Crippen molar-refractivity contribution >= 4 is 23.4 Å². The first-order valence-electron chi connectivity index (χ1n) is 11.7. The van der Waals surface area contributed by atoms with Crippen LogP contribution in [0.25, 0.3) is 5.69 Å². The lowest BCUT2D eigenvalue weighted by Gasteiger charge is -2.13. The third-order valence-electron chi connectivity index (χ3n) is 5.94. The van der Waals surface area contributed by atoms with Crippen LogP contribution in [0, 0.1) is 13.8 Å². The van der Waals surface area contributed by atoms with Crippen LogP contribution in [0.5, 0.6) is 0 Å². The summed E-state index contributed by atoms with van der Waals surface area (Å²) in [4.78, 5) is 20.1. The number of hydrogen-bond acceptors (Lipinski definition) is 5. The van der Waals surface area contributed by atoms with E-state index in [0.29, 0.717) is 12.4 Å². The lowest BCUT2D eigenvalue weighted by molar-refractivity contribution is -0.121. The highest BCUT2D eigenvalue weighted by molar-refractivity contribution is 7.99. The van der Waals surface area contributed by atoms with Crippen LogP contribution in [0.4, 0.5) is 0 Å². The molecule has 1 atom stereocenters. The Morgan fingerprint density at radius 2 is 1.71 bits per heavy atom. The molecule has 1 aromatic heterocycles. The molecule has 7 heteroatoms. The molecule has 2 heterocycles. The fourth-order valence-corrected chi connectivity index (χ4v) is 5.16. The van der Waals surface area contributed by atoms with Gasteiger partial charge in [0.1, 0.15) is 11.9 Å². The van der Waals surface area contributed by atoms with Gasteiger partial charge in [0.25, 0.3) is 0 Å². The van der Waals surface area contributed by atoms with Crippen LogP contribution >= 0.6 is 11.8 Å². The minimum absolute atomic E-state index is 0.0513. The molecule has 5 rings (SSSR count). The highest BCUT2D eigenvalue weighted by Crippen LogP contribution is 2.34. The van der Waals surface area contributed by atoms with E-state index < -0.39 is 6.04 Å². The van der Waals surface area contributed by atoms with Gasteiger partial charge in [-0.1, -0.05) is 53.7 Å². The third-order valence-corrected chi connectivity index (χ3v) is 6.96. The normalized spacial score (nSPS) is 14.5. The van der Waals surface area contributed by atoms with Gasteiger partial charge in [-0.2, -0.15) is 0 Å². The van der Waals surface area contributed by atoms with E-state index in [0.717, 1.165) is 38.8 Å². The van der Waals surface area contributed by atoms with Crippen LogP contribution < -0.4 is 5.32 Å². The molecule has 1 N–H and O–H groups in total. The Labute approximate surface area is 209 Å². The average Bonchev–Trinajstić information content (AvgIpc) is 3.18. The molecule has 0 unspecified atom stereocenters. The van der Waals surface area contributed by atoms with E-state index in [-0.39, 0.29) is 12.3 Å². The Hall–Kier alpha value is -3.71. The SMILES string of the molecule is CCNC(=O)C[C@@H]1N=C(c2ccc(Sc3ccccc3)cc2)c2cc(C)ccc2-n2c(C)nnc21. The minimum atomic E-state index is -0.441. The first-order valence-corrected chi connectivity index (χ1v) is 12.6. The maximum atomic E-state index is 12.6. The highest BCUT2D eigenvalue weighted by atomic mass is 32.2. The van der Waals surface area contributed by atoms with Gasteiger partial charge < -0.3 is 5.32 Å². The minimum Gasteiger partial charge on any atom is -0.356 e. The molecule has 0 saturated heterocycles. The molecule has 176 valence electrons. The standard InChI is InChI=1S/C28H27N5OS/c1-4-29-26(34)17-24-28-32-31-19(3)33(28)25-15-10-18(2)16-23(25)27(30-24)20-11-13-22(14-12-20)35-21-8-6-5-7-9-21/h5-16,24H,4,17H2,1-3H3,(H,29,34)/t24-/m0/s1. The zero-order valence-corrected chi connectivity index (χ0v) is 20.8. The van der Waals surface area contributed by atoms with E-state index in [1.54, 1.807) is 11.8 Å². The number of benzene rings is 3. The molecule has 1 aliphatic heterocycles. The van der Waals surface area contributed by atoms with Crippen molar-refractivity contribution in [2.24, 2.45) is 4.99 Å². The molecule has 0 saturated carbocycles. The molecule has 35 heavy (non-hydrogen) atoms. The fourth-order valence-electron chi connectivity index (χ4n) is 4.33. The van der Waals surface area contributed by atoms with Gasteiger partial charge in [0.05, 0.1) is 17.8 Å². The van der Waals surface area contributed by atoms with Crippen molar-refractivity contribution in [2.75, 3.05) is 6.54 Å². The summed E-state index contributed by atoms with van der Waals surface area (Å²) < 4.78 is 2.04. The van der Waals surface area contributed by atoms with E-state index in [4.69, 9.17) is 4.99 Å². The third kappa shape index (κ3) is 4.77. The molecule has 1 aliphatic rings. The van der Waals surface area contributed by atoms with Gasteiger partial charge in [0.15, 0.2) is 5.82 Å². The molecule has 0 radical (unpaired) electrons. The number of nitrogens with zero attached hydrogens (tertiary/aromatic N) is 4. The van der Waals surface area contributed by atoms with E-state index in [2.05, 4.69) is 77.0 Å². The molecule has 1 amide bonds. The van der Waals surface area contributed by atoms with Crippen molar-refractivity contribution in [1.82, 2.24) is 20.1 Å². The molecular formula is C28H27N5OS. The summed E-state index contributed by atoms with van der Waals surface area (Å²) in [6.45, 7) is 6.51. The monoisotopic (exact) mass is 481 g/mol. The molecule has 0 fully saturated rings. The van der Waals surface area contributed by atoms with Crippen LogP contribution in [0.1, 0.15) is 47.7 Å². The van der Waals surface area contributed by atoms with Crippen molar-refractivity contribution in [2.45, 2.75) is 43.0 Å². The Balaban J connectivity index is 1.60. The Morgan fingerprint density at radius 3 is 2.46 bits per heavy atom. The second-order valence-corrected chi connectivity index (χ2v) is 9.70. The van der Waals surface area contributed by atoms with E-state index >= 15 is 0 Å². The average molecular weight is 482 g/mol. The highest BCUT2D eigenvalue weighted by Gasteiger charge is 2.29. The van der Waals surface area contributed by atoms with Crippen LogP contribution in [0.2, 0.25) is 0 Å². The van der Waals surface area contributed by atoms with E-state index in [1.165, 1.54) is 4.90 Å². The summed E-state index contributed by atoms with van der Waals surface area (Å²) in [5, 5.41) is 11.7. The van der Waals surface area contributed by atoms with Crippen LogP contribution in [-0.4, -0.2) is 32.9 Å². The molecule has 6 nitrogen and oxygen atoms in total. The van der Waals surface area contributed by atoms with Crippen molar-refractivity contribution < 1.29 is 4.79 Å². The maximum Gasteiger partial charge on any atom is 0.222 e. The lowest BCUT2D eigenvalue weighted by Crippen LogP contribution is -2.25.